The highest BCUT2D eigenvalue weighted by molar-refractivity contribution is 7.98. The average molecular weight is 305 g/mol. The molecule has 1 aliphatic rings. The lowest BCUT2D eigenvalue weighted by molar-refractivity contribution is -0.139. The highest BCUT2D eigenvalue weighted by atomic mass is 32.2. The van der Waals surface area contributed by atoms with Crippen molar-refractivity contribution in [3.05, 3.63) is 0 Å². The molecule has 1 rings (SSSR count). The topological polar surface area (TPSA) is 122 Å². The van der Waals surface area contributed by atoms with Crippen LogP contribution in [0.4, 0.5) is 4.79 Å². The van der Waals surface area contributed by atoms with Crippen molar-refractivity contribution in [3.8, 4) is 0 Å². The Morgan fingerprint density at radius 3 is 2.80 bits per heavy atom. The summed E-state index contributed by atoms with van der Waals surface area (Å²) in [6.07, 6.45) is 2.17. The first-order valence-corrected chi connectivity index (χ1v) is 7.52. The highest BCUT2D eigenvalue weighted by Gasteiger charge is 2.33. The summed E-state index contributed by atoms with van der Waals surface area (Å²) < 4.78 is 5.10. The fourth-order valence-corrected chi connectivity index (χ4v) is 2.28. The zero-order valence-corrected chi connectivity index (χ0v) is 12.0. The fraction of sp³-hybridized carbons (Fsp3) is 0.727. The molecule has 0 saturated carbocycles. The molecule has 1 saturated heterocycles. The Kier molecular flexibility index (Phi) is 6.59. The van der Waals surface area contributed by atoms with Gasteiger partial charge >= 0.3 is 12.0 Å². The Bertz CT molecular complexity index is 379. The zero-order chi connectivity index (χ0) is 15.1. The minimum Gasteiger partial charge on any atom is -0.480 e. The maximum Gasteiger partial charge on any atom is 0.326 e. The molecular formula is C11H19N3O5S. The van der Waals surface area contributed by atoms with Gasteiger partial charge in [-0.15, -0.1) is 0 Å². The van der Waals surface area contributed by atoms with Crippen molar-refractivity contribution in [2.24, 2.45) is 5.73 Å². The first kappa shape index (κ1) is 16.6. The number of rotatable bonds is 6. The molecule has 1 heterocycles. The molecular weight excluding hydrogens is 286 g/mol. The number of nitrogens with one attached hydrogen (secondary N) is 1. The Morgan fingerprint density at radius 2 is 2.25 bits per heavy atom. The van der Waals surface area contributed by atoms with Crippen LogP contribution in [0.1, 0.15) is 6.42 Å². The summed E-state index contributed by atoms with van der Waals surface area (Å²) in [6, 6.07) is -2.45. The number of amides is 3. The van der Waals surface area contributed by atoms with Crippen LogP contribution in [0.2, 0.25) is 0 Å². The van der Waals surface area contributed by atoms with Crippen LogP contribution in [-0.4, -0.2) is 71.8 Å². The van der Waals surface area contributed by atoms with Gasteiger partial charge in [0.05, 0.1) is 13.2 Å². The van der Waals surface area contributed by atoms with Gasteiger partial charge in [-0.3, -0.25) is 4.79 Å². The van der Waals surface area contributed by atoms with Crippen molar-refractivity contribution in [3.63, 3.8) is 0 Å². The van der Waals surface area contributed by atoms with E-state index in [2.05, 4.69) is 5.32 Å². The predicted molar refractivity (Wildman–Crippen MR) is 73.5 cm³/mol. The molecule has 20 heavy (non-hydrogen) atoms. The van der Waals surface area contributed by atoms with Crippen molar-refractivity contribution >= 4 is 29.7 Å². The van der Waals surface area contributed by atoms with Crippen molar-refractivity contribution in [1.82, 2.24) is 10.2 Å². The second-order valence-electron chi connectivity index (χ2n) is 4.31. The van der Waals surface area contributed by atoms with Crippen molar-refractivity contribution in [2.75, 3.05) is 31.8 Å². The van der Waals surface area contributed by atoms with Crippen LogP contribution in [0.3, 0.4) is 0 Å². The van der Waals surface area contributed by atoms with Gasteiger partial charge in [0.25, 0.3) is 0 Å². The molecule has 114 valence electrons. The maximum atomic E-state index is 12.1. The van der Waals surface area contributed by atoms with Gasteiger partial charge in [0, 0.05) is 6.54 Å². The van der Waals surface area contributed by atoms with E-state index < -0.39 is 30.0 Å². The number of nitrogens with zero attached hydrogens (tertiary/aromatic N) is 1. The van der Waals surface area contributed by atoms with Gasteiger partial charge in [0.15, 0.2) is 0 Å². The Labute approximate surface area is 121 Å². The predicted octanol–water partition coefficient (Wildman–Crippen LogP) is -0.912. The Balaban J connectivity index is 2.66. The molecule has 4 N–H and O–H groups in total. The molecule has 0 aliphatic carbocycles. The van der Waals surface area contributed by atoms with E-state index >= 15 is 0 Å². The second-order valence-corrected chi connectivity index (χ2v) is 5.29. The summed E-state index contributed by atoms with van der Waals surface area (Å²) in [5.74, 6) is -1.16. The van der Waals surface area contributed by atoms with Gasteiger partial charge in [-0.1, -0.05) is 0 Å². The average Bonchev–Trinajstić information content (AvgIpc) is 2.42. The third-order valence-electron chi connectivity index (χ3n) is 2.92. The smallest absolute Gasteiger partial charge is 0.326 e. The van der Waals surface area contributed by atoms with Crippen LogP contribution in [-0.2, 0) is 14.3 Å². The highest BCUT2D eigenvalue weighted by Crippen LogP contribution is 2.08. The largest absolute Gasteiger partial charge is 0.480 e. The molecule has 1 fully saturated rings. The summed E-state index contributed by atoms with van der Waals surface area (Å²) in [5.41, 5.74) is 5.21. The summed E-state index contributed by atoms with van der Waals surface area (Å²) in [6.45, 7) is 0.527. The van der Waals surface area contributed by atoms with E-state index in [0.717, 1.165) is 0 Å². The number of ether oxygens (including phenoxy) is 1. The zero-order valence-electron chi connectivity index (χ0n) is 11.2. The maximum absolute atomic E-state index is 12.1. The monoisotopic (exact) mass is 305 g/mol. The van der Waals surface area contributed by atoms with Crippen molar-refractivity contribution in [2.45, 2.75) is 18.5 Å². The van der Waals surface area contributed by atoms with E-state index in [1.807, 2.05) is 6.26 Å². The molecule has 0 aromatic carbocycles. The number of thioether (sulfide) groups is 1. The van der Waals surface area contributed by atoms with E-state index in [9.17, 15) is 14.4 Å². The van der Waals surface area contributed by atoms with E-state index in [0.29, 0.717) is 18.8 Å². The van der Waals surface area contributed by atoms with Crippen LogP contribution in [0.15, 0.2) is 0 Å². The van der Waals surface area contributed by atoms with Gasteiger partial charge in [-0.05, 0) is 18.4 Å². The number of hydrogen-bond donors (Lipinski definition) is 3. The van der Waals surface area contributed by atoms with Crippen LogP contribution in [0, 0.1) is 0 Å². The Morgan fingerprint density at radius 1 is 1.55 bits per heavy atom. The molecule has 8 nitrogen and oxygen atoms in total. The van der Waals surface area contributed by atoms with Crippen LogP contribution in [0.25, 0.3) is 0 Å². The third-order valence-corrected chi connectivity index (χ3v) is 3.57. The number of carboxylic acid groups (broad SMARTS) is 1. The quantitative estimate of drug-likeness (QED) is 0.584. The molecule has 0 aromatic rings. The first-order chi connectivity index (χ1) is 9.47. The molecule has 0 radical (unpaired) electrons. The molecule has 0 bridgehead atoms. The van der Waals surface area contributed by atoms with Crippen LogP contribution < -0.4 is 11.1 Å². The van der Waals surface area contributed by atoms with Gasteiger partial charge < -0.3 is 25.8 Å². The minimum atomic E-state index is -1.10. The van der Waals surface area contributed by atoms with Crippen LogP contribution in [0.5, 0.6) is 0 Å². The number of carbonyl (C=O) groups excluding carboxylic acids is 2. The van der Waals surface area contributed by atoms with Gasteiger partial charge in [0.2, 0.25) is 5.91 Å². The molecule has 9 heteroatoms. The fourth-order valence-electron chi connectivity index (χ4n) is 1.81. The van der Waals surface area contributed by atoms with E-state index in [4.69, 9.17) is 15.6 Å². The number of carboxylic acids is 1. The molecule has 3 amide bonds. The lowest BCUT2D eigenvalue weighted by atomic mass is 10.2. The summed E-state index contributed by atoms with van der Waals surface area (Å²) in [7, 11) is 0. The van der Waals surface area contributed by atoms with Gasteiger partial charge in [0.1, 0.15) is 12.1 Å². The number of primary amides is 1. The first-order valence-electron chi connectivity index (χ1n) is 6.13. The summed E-state index contributed by atoms with van der Waals surface area (Å²) >= 11 is 1.49. The summed E-state index contributed by atoms with van der Waals surface area (Å²) in [4.78, 5) is 35.6. The number of carbonyl (C=O) groups is 3. The molecule has 0 aromatic heterocycles. The van der Waals surface area contributed by atoms with E-state index in [-0.39, 0.29) is 13.2 Å². The molecule has 2 atom stereocenters. The molecule has 1 aliphatic heterocycles. The second kappa shape index (κ2) is 7.95. The standard InChI is InChI=1S/C11H19N3O5S/c1-20-5-2-7(10(16)17)13-11(18)14-3-4-19-6-8(14)9(12)15/h7-8H,2-6H2,1H3,(H2,12,15)(H,13,18)(H,16,17). The van der Waals surface area contributed by atoms with Crippen molar-refractivity contribution < 1.29 is 24.2 Å². The third kappa shape index (κ3) is 4.57. The Hall–Kier alpha value is -1.48. The van der Waals surface area contributed by atoms with E-state index in [1.54, 1.807) is 0 Å². The lowest BCUT2D eigenvalue weighted by Crippen LogP contribution is -2.59. The summed E-state index contributed by atoms with van der Waals surface area (Å²) in [5, 5.41) is 11.5. The number of aliphatic carboxylic acids is 1. The molecule has 2 unspecified atom stereocenters. The number of urea groups is 1. The molecule has 0 spiro atoms. The lowest BCUT2D eigenvalue weighted by Gasteiger charge is -2.34. The number of nitrogens with two attached hydrogens (primary N) is 1. The number of morpholine rings is 1. The number of hydrogen-bond acceptors (Lipinski definition) is 5. The van der Waals surface area contributed by atoms with Crippen LogP contribution >= 0.6 is 11.8 Å². The SMILES string of the molecule is CSCCC(NC(=O)N1CCOCC1C(N)=O)C(=O)O. The normalized spacial score (nSPS) is 20.2. The van der Waals surface area contributed by atoms with Crippen molar-refractivity contribution in [1.29, 1.82) is 0 Å². The minimum absolute atomic E-state index is 0.0330. The van der Waals surface area contributed by atoms with E-state index in [1.165, 1.54) is 16.7 Å². The van der Waals surface area contributed by atoms with Gasteiger partial charge in [-0.25, -0.2) is 9.59 Å². The van der Waals surface area contributed by atoms with Gasteiger partial charge in [-0.2, -0.15) is 11.8 Å².